The van der Waals surface area contributed by atoms with E-state index in [0.717, 1.165) is 48.9 Å². The molecule has 4 rings (SSSR count). The summed E-state index contributed by atoms with van der Waals surface area (Å²) in [7, 11) is 1.71. The first-order chi connectivity index (χ1) is 15.8. The fraction of sp³-hybridized carbons (Fsp3) is 0.444. The van der Waals surface area contributed by atoms with E-state index in [1.165, 1.54) is 50.8 Å². The van der Waals surface area contributed by atoms with E-state index in [9.17, 15) is 0 Å². The molecule has 3 aromatic rings. The maximum Gasteiger partial charge on any atom is 0.228 e. The molecule has 1 fully saturated rings. The molecule has 5 nitrogen and oxygen atoms in total. The third-order valence-electron chi connectivity index (χ3n) is 6.24. The Morgan fingerprint density at radius 1 is 0.938 bits per heavy atom. The standard InChI is InChI=1S/C27H35N3O2/c1-31-25-15-10-12-23(20-25)22-30(19-11-18-29-16-8-3-2-4-9-17-29)27-21-26(28-32-27)24-13-6-5-7-14-24/h5-7,10,12-15,20-21H,2-4,8-9,11,16-19,22H2,1H3. The average Bonchev–Trinajstić information content (AvgIpc) is 3.31. The van der Waals surface area contributed by atoms with Crippen LogP contribution in [-0.2, 0) is 6.54 Å². The Bertz CT molecular complexity index is 933. The van der Waals surface area contributed by atoms with Gasteiger partial charge in [0.05, 0.1) is 7.11 Å². The minimum absolute atomic E-state index is 0.765. The molecule has 2 aromatic carbocycles. The van der Waals surface area contributed by atoms with Crippen molar-refractivity contribution in [3.05, 3.63) is 66.2 Å². The van der Waals surface area contributed by atoms with Crippen molar-refractivity contribution in [2.45, 2.75) is 45.1 Å². The molecule has 32 heavy (non-hydrogen) atoms. The number of hydrogen-bond acceptors (Lipinski definition) is 5. The van der Waals surface area contributed by atoms with Crippen LogP contribution in [0.1, 0.15) is 44.1 Å². The highest BCUT2D eigenvalue weighted by Gasteiger charge is 2.16. The van der Waals surface area contributed by atoms with E-state index in [0.29, 0.717) is 0 Å². The highest BCUT2D eigenvalue weighted by Crippen LogP contribution is 2.26. The van der Waals surface area contributed by atoms with Crippen LogP contribution in [0, 0.1) is 0 Å². The van der Waals surface area contributed by atoms with Crippen LogP contribution in [0.25, 0.3) is 11.3 Å². The van der Waals surface area contributed by atoms with Gasteiger partial charge in [-0.2, -0.15) is 0 Å². The zero-order valence-electron chi connectivity index (χ0n) is 19.2. The largest absolute Gasteiger partial charge is 0.497 e. The lowest BCUT2D eigenvalue weighted by atomic mass is 10.1. The van der Waals surface area contributed by atoms with Gasteiger partial charge in [-0.3, -0.25) is 0 Å². The van der Waals surface area contributed by atoms with Crippen LogP contribution in [0.2, 0.25) is 0 Å². The summed E-state index contributed by atoms with van der Waals surface area (Å²) in [5.74, 6) is 1.70. The average molecular weight is 434 g/mol. The highest BCUT2D eigenvalue weighted by atomic mass is 16.5. The minimum Gasteiger partial charge on any atom is -0.497 e. The highest BCUT2D eigenvalue weighted by molar-refractivity contribution is 5.62. The number of hydrogen-bond donors (Lipinski definition) is 0. The van der Waals surface area contributed by atoms with Crippen molar-refractivity contribution in [2.75, 3.05) is 38.2 Å². The van der Waals surface area contributed by atoms with Gasteiger partial charge in [0.15, 0.2) is 0 Å². The van der Waals surface area contributed by atoms with E-state index in [1.54, 1.807) is 7.11 Å². The second kappa shape index (κ2) is 11.7. The summed E-state index contributed by atoms with van der Waals surface area (Å²) in [6.45, 7) is 5.29. The number of ether oxygens (including phenoxy) is 1. The SMILES string of the molecule is COc1cccc(CN(CCCN2CCCCCCC2)c2cc(-c3ccccc3)no2)c1. The monoisotopic (exact) mass is 433 g/mol. The molecular weight excluding hydrogens is 398 g/mol. The maximum absolute atomic E-state index is 5.82. The van der Waals surface area contributed by atoms with Gasteiger partial charge in [-0.05, 0) is 56.6 Å². The molecule has 2 heterocycles. The molecule has 0 atom stereocenters. The predicted molar refractivity (Wildman–Crippen MR) is 130 cm³/mol. The molecule has 0 bridgehead atoms. The van der Waals surface area contributed by atoms with E-state index in [1.807, 2.05) is 30.3 Å². The van der Waals surface area contributed by atoms with Crippen molar-refractivity contribution in [1.82, 2.24) is 10.1 Å². The van der Waals surface area contributed by atoms with Crippen LogP contribution in [0.5, 0.6) is 5.75 Å². The molecule has 1 aliphatic heterocycles. The lowest BCUT2D eigenvalue weighted by Gasteiger charge is -2.26. The first-order valence-electron chi connectivity index (χ1n) is 11.9. The van der Waals surface area contributed by atoms with Gasteiger partial charge in [0.2, 0.25) is 5.88 Å². The molecule has 0 radical (unpaired) electrons. The van der Waals surface area contributed by atoms with Crippen LogP contribution >= 0.6 is 0 Å². The molecule has 0 amide bonds. The maximum atomic E-state index is 5.82. The molecule has 0 aliphatic carbocycles. The fourth-order valence-corrected chi connectivity index (χ4v) is 4.44. The smallest absolute Gasteiger partial charge is 0.228 e. The Morgan fingerprint density at radius 2 is 1.72 bits per heavy atom. The van der Waals surface area contributed by atoms with Crippen molar-refractivity contribution in [3.8, 4) is 17.0 Å². The van der Waals surface area contributed by atoms with Gasteiger partial charge in [0.25, 0.3) is 0 Å². The van der Waals surface area contributed by atoms with Crippen LogP contribution < -0.4 is 9.64 Å². The predicted octanol–water partition coefficient (Wildman–Crippen LogP) is 6.01. The summed E-state index contributed by atoms with van der Waals surface area (Å²) in [5, 5.41) is 4.35. The van der Waals surface area contributed by atoms with Crippen LogP contribution in [0.3, 0.4) is 0 Å². The summed E-state index contributed by atoms with van der Waals surface area (Å²) in [5.41, 5.74) is 3.15. The Kier molecular flexibility index (Phi) is 8.21. The quantitative estimate of drug-likeness (QED) is 0.413. The van der Waals surface area contributed by atoms with Gasteiger partial charge < -0.3 is 19.1 Å². The lowest BCUT2D eigenvalue weighted by molar-refractivity contribution is 0.245. The number of likely N-dealkylation sites (tertiary alicyclic amines) is 1. The first-order valence-corrected chi connectivity index (χ1v) is 11.9. The Hall–Kier alpha value is -2.79. The number of methoxy groups -OCH3 is 1. The van der Waals surface area contributed by atoms with Crippen LogP contribution in [-0.4, -0.2) is 43.3 Å². The summed E-state index contributed by atoms with van der Waals surface area (Å²) in [4.78, 5) is 4.94. The van der Waals surface area contributed by atoms with Crippen LogP contribution in [0.15, 0.2) is 65.2 Å². The van der Waals surface area contributed by atoms with Crippen molar-refractivity contribution >= 4 is 5.88 Å². The van der Waals surface area contributed by atoms with Crippen molar-refractivity contribution < 1.29 is 9.26 Å². The van der Waals surface area contributed by atoms with Gasteiger partial charge in [0, 0.05) is 24.7 Å². The molecule has 0 saturated carbocycles. The van der Waals surface area contributed by atoms with Gasteiger partial charge in [0.1, 0.15) is 11.4 Å². The van der Waals surface area contributed by atoms with Crippen molar-refractivity contribution in [2.24, 2.45) is 0 Å². The van der Waals surface area contributed by atoms with Crippen molar-refractivity contribution in [3.63, 3.8) is 0 Å². The molecule has 5 heteroatoms. The van der Waals surface area contributed by atoms with Crippen LogP contribution in [0.4, 0.5) is 5.88 Å². The van der Waals surface area contributed by atoms with Gasteiger partial charge in [-0.15, -0.1) is 0 Å². The number of nitrogens with zero attached hydrogens (tertiary/aromatic N) is 3. The number of rotatable bonds is 9. The van der Waals surface area contributed by atoms with Gasteiger partial charge in [-0.25, -0.2) is 0 Å². The van der Waals surface area contributed by atoms with Crippen molar-refractivity contribution in [1.29, 1.82) is 0 Å². The van der Waals surface area contributed by atoms with E-state index in [2.05, 4.69) is 45.3 Å². The summed E-state index contributed by atoms with van der Waals surface area (Å²) >= 11 is 0. The van der Waals surface area contributed by atoms with Gasteiger partial charge in [-0.1, -0.05) is 66.9 Å². The lowest BCUT2D eigenvalue weighted by Crippen LogP contribution is -2.32. The molecule has 0 unspecified atom stereocenters. The summed E-state index contributed by atoms with van der Waals surface area (Å²) < 4.78 is 11.2. The van der Waals surface area contributed by atoms with E-state index in [-0.39, 0.29) is 0 Å². The van der Waals surface area contributed by atoms with Gasteiger partial charge >= 0.3 is 0 Å². The zero-order valence-corrected chi connectivity index (χ0v) is 19.2. The normalized spacial score (nSPS) is 15.2. The molecule has 1 saturated heterocycles. The summed E-state index contributed by atoms with van der Waals surface area (Å²) in [6, 6.07) is 20.5. The first kappa shape index (κ1) is 22.4. The zero-order chi connectivity index (χ0) is 22.0. The fourth-order valence-electron chi connectivity index (χ4n) is 4.44. The Labute approximate surface area is 192 Å². The Balaban J connectivity index is 1.45. The third-order valence-corrected chi connectivity index (χ3v) is 6.24. The third kappa shape index (κ3) is 6.36. The molecule has 1 aliphatic rings. The number of aromatic nitrogens is 1. The molecule has 0 N–H and O–H groups in total. The molecule has 0 spiro atoms. The van der Waals surface area contributed by atoms with E-state index in [4.69, 9.17) is 9.26 Å². The van der Waals surface area contributed by atoms with E-state index >= 15 is 0 Å². The molecule has 170 valence electrons. The summed E-state index contributed by atoms with van der Waals surface area (Å²) in [6.07, 6.45) is 7.91. The Morgan fingerprint density at radius 3 is 2.50 bits per heavy atom. The second-order valence-electron chi connectivity index (χ2n) is 8.65. The number of benzene rings is 2. The number of anilines is 1. The second-order valence-corrected chi connectivity index (χ2v) is 8.65. The van der Waals surface area contributed by atoms with E-state index < -0.39 is 0 Å². The molecule has 1 aromatic heterocycles. The topological polar surface area (TPSA) is 41.7 Å². The molecular formula is C27H35N3O2. The minimum atomic E-state index is 0.765.